The highest BCUT2D eigenvalue weighted by Gasteiger charge is 2.26. The second-order valence-corrected chi connectivity index (χ2v) is 8.01. The van der Waals surface area contributed by atoms with Crippen LogP contribution in [0.1, 0.15) is 24.8 Å². The van der Waals surface area contributed by atoms with E-state index in [1.165, 1.54) is 31.4 Å². The van der Waals surface area contributed by atoms with Gasteiger partial charge in [0.1, 0.15) is 0 Å². The molecule has 0 radical (unpaired) electrons. The fourth-order valence-corrected chi connectivity index (χ4v) is 3.49. The molecule has 0 saturated carbocycles. The van der Waals surface area contributed by atoms with Gasteiger partial charge in [0, 0.05) is 19.6 Å². The number of likely N-dealkylation sites (tertiary alicyclic amines) is 1. The number of halogens is 2. The second kappa shape index (κ2) is 8.17. The van der Waals surface area contributed by atoms with Gasteiger partial charge in [-0.25, -0.2) is 8.42 Å². The van der Waals surface area contributed by atoms with Gasteiger partial charge in [-0.1, -0.05) is 18.6 Å². The third-order valence-electron chi connectivity index (χ3n) is 4.19. The van der Waals surface area contributed by atoms with Crippen LogP contribution >= 0.6 is 0 Å². The van der Waals surface area contributed by atoms with Crippen molar-refractivity contribution < 1.29 is 17.2 Å². The third kappa shape index (κ3) is 5.22. The van der Waals surface area contributed by atoms with Crippen molar-refractivity contribution in [2.75, 3.05) is 33.2 Å². The number of benzene rings is 1. The third-order valence-corrected chi connectivity index (χ3v) is 5.58. The fourth-order valence-electron chi connectivity index (χ4n) is 2.77. The molecule has 0 N–H and O–H groups in total. The highest BCUT2D eigenvalue weighted by Crippen LogP contribution is 2.19. The number of alkyl halides is 2. The summed E-state index contributed by atoms with van der Waals surface area (Å²) in [6.45, 7) is 4.94. The highest BCUT2D eigenvalue weighted by atomic mass is 32.2. The molecule has 130 valence electrons. The molecular weight excluding hydrogens is 322 g/mol. The van der Waals surface area contributed by atoms with Crippen LogP contribution in [0, 0.1) is 0 Å². The predicted octanol–water partition coefficient (Wildman–Crippen LogP) is 2.60. The van der Waals surface area contributed by atoms with Gasteiger partial charge in [-0.2, -0.15) is 8.78 Å². The normalized spacial score (nSPS) is 17.1. The van der Waals surface area contributed by atoms with Crippen LogP contribution in [-0.4, -0.2) is 57.2 Å². The second-order valence-electron chi connectivity index (χ2n) is 6.09. The van der Waals surface area contributed by atoms with Gasteiger partial charge in [-0.15, -0.1) is 0 Å². The molecular formula is C16H24F2N2O2S. The largest absolute Gasteiger partial charge is 0.341 e. The lowest BCUT2D eigenvalue weighted by atomic mass is 10.1. The Balaban J connectivity index is 1.85. The van der Waals surface area contributed by atoms with E-state index in [0.29, 0.717) is 6.54 Å². The fraction of sp³-hybridized carbons (Fsp3) is 0.625. The minimum absolute atomic E-state index is 0.327. The maximum Gasteiger partial charge on any atom is 0.341 e. The van der Waals surface area contributed by atoms with Crippen molar-refractivity contribution in [3.05, 3.63) is 29.8 Å². The van der Waals surface area contributed by atoms with Gasteiger partial charge < -0.3 is 9.80 Å². The van der Waals surface area contributed by atoms with Crippen LogP contribution in [0.25, 0.3) is 0 Å². The molecule has 23 heavy (non-hydrogen) atoms. The molecule has 0 amide bonds. The lowest BCUT2D eigenvalue weighted by Crippen LogP contribution is -2.36. The van der Waals surface area contributed by atoms with E-state index in [1.54, 1.807) is 12.1 Å². The zero-order valence-corrected chi connectivity index (χ0v) is 14.2. The van der Waals surface area contributed by atoms with Crippen molar-refractivity contribution in [3.8, 4) is 0 Å². The molecule has 1 aliphatic heterocycles. The number of piperidine rings is 1. The SMILES string of the molecule is CN(CCN1CCCCC1)Cc1ccc(S(=O)(=O)C(F)F)cc1. The first-order valence-electron chi connectivity index (χ1n) is 7.91. The minimum Gasteiger partial charge on any atom is -0.302 e. The number of hydrogen-bond acceptors (Lipinski definition) is 4. The average Bonchev–Trinajstić information content (AvgIpc) is 2.54. The van der Waals surface area contributed by atoms with E-state index < -0.39 is 15.6 Å². The molecule has 0 atom stereocenters. The van der Waals surface area contributed by atoms with Crippen molar-refractivity contribution in [1.29, 1.82) is 0 Å². The number of sulfone groups is 1. The standard InChI is InChI=1S/C16H24F2N2O2S/c1-19(11-12-20-9-3-2-4-10-20)13-14-5-7-15(8-6-14)23(21,22)16(17)18/h5-8,16H,2-4,9-13H2,1H3. The smallest absolute Gasteiger partial charge is 0.302 e. The van der Waals surface area contributed by atoms with E-state index in [0.717, 1.165) is 31.7 Å². The molecule has 1 fully saturated rings. The molecule has 1 heterocycles. The minimum atomic E-state index is -4.50. The van der Waals surface area contributed by atoms with Crippen LogP contribution in [0.15, 0.2) is 29.2 Å². The van der Waals surface area contributed by atoms with Gasteiger partial charge in [0.25, 0.3) is 0 Å². The lowest BCUT2D eigenvalue weighted by molar-refractivity contribution is 0.194. The maximum atomic E-state index is 12.5. The summed E-state index contributed by atoms with van der Waals surface area (Å²) >= 11 is 0. The summed E-state index contributed by atoms with van der Waals surface area (Å²) in [6.07, 6.45) is 3.85. The maximum absolute atomic E-state index is 12.5. The molecule has 0 aliphatic carbocycles. The molecule has 4 nitrogen and oxygen atoms in total. The molecule has 7 heteroatoms. The predicted molar refractivity (Wildman–Crippen MR) is 86.3 cm³/mol. The molecule has 0 spiro atoms. The zero-order valence-electron chi connectivity index (χ0n) is 13.4. The topological polar surface area (TPSA) is 40.6 Å². The Morgan fingerprint density at radius 3 is 2.30 bits per heavy atom. The van der Waals surface area contributed by atoms with Gasteiger partial charge >= 0.3 is 5.76 Å². The molecule has 2 rings (SSSR count). The van der Waals surface area contributed by atoms with Gasteiger partial charge in [-0.05, 0) is 50.7 Å². The van der Waals surface area contributed by atoms with Crippen molar-refractivity contribution in [2.24, 2.45) is 0 Å². The molecule has 1 saturated heterocycles. The summed E-state index contributed by atoms with van der Waals surface area (Å²) in [7, 11) is -2.49. The summed E-state index contributed by atoms with van der Waals surface area (Å²) in [5.74, 6) is -3.37. The van der Waals surface area contributed by atoms with E-state index in [4.69, 9.17) is 0 Å². The molecule has 1 aliphatic rings. The van der Waals surface area contributed by atoms with E-state index in [-0.39, 0.29) is 4.90 Å². The van der Waals surface area contributed by atoms with Gasteiger partial charge in [0.2, 0.25) is 9.84 Å². The first-order chi connectivity index (χ1) is 10.9. The van der Waals surface area contributed by atoms with Crippen molar-refractivity contribution in [2.45, 2.75) is 36.5 Å². The Kier molecular flexibility index (Phi) is 6.50. The van der Waals surface area contributed by atoms with Gasteiger partial charge in [0.15, 0.2) is 0 Å². The monoisotopic (exact) mass is 346 g/mol. The Morgan fingerprint density at radius 2 is 1.74 bits per heavy atom. The van der Waals surface area contributed by atoms with Crippen molar-refractivity contribution >= 4 is 9.84 Å². The molecule has 0 unspecified atom stereocenters. The van der Waals surface area contributed by atoms with E-state index >= 15 is 0 Å². The van der Waals surface area contributed by atoms with E-state index in [2.05, 4.69) is 9.80 Å². The van der Waals surface area contributed by atoms with Gasteiger partial charge in [-0.3, -0.25) is 0 Å². The summed E-state index contributed by atoms with van der Waals surface area (Å²) in [5.41, 5.74) is 0.916. The van der Waals surface area contributed by atoms with Crippen molar-refractivity contribution in [3.63, 3.8) is 0 Å². The van der Waals surface area contributed by atoms with Crippen LogP contribution in [0.3, 0.4) is 0 Å². The van der Waals surface area contributed by atoms with Crippen LogP contribution in [0.4, 0.5) is 8.78 Å². The van der Waals surface area contributed by atoms with Crippen LogP contribution < -0.4 is 0 Å². The first kappa shape index (κ1) is 18.3. The quantitative estimate of drug-likeness (QED) is 0.761. The molecule has 0 aromatic heterocycles. The number of nitrogens with zero attached hydrogens (tertiary/aromatic N) is 2. The van der Waals surface area contributed by atoms with Gasteiger partial charge in [0.05, 0.1) is 4.90 Å². The Hall–Kier alpha value is -1.05. The lowest BCUT2D eigenvalue weighted by Gasteiger charge is -2.28. The zero-order chi connectivity index (χ0) is 16.9. The molecule has 0 bridgehead atoms. The Bertz CT molecular complexity index is 585. The summed E-state index contributed by atoms with van der Waals surface area (Å²) in [4.78, 5) is 4.29. The Morgan fingerprint density at radius 1 is 1.13 bits per heavy atom. The average molecular weight is 346 g/mol. The van der Waals surface area contributed by atoms with E-state index in [9.17, 15) is 17.2 Å². The van der Waals surface area contributed by atoms with Crippen LogP contribution in [-0.2, 0) is 16.4 Å². The number of likely N-dealkylation sites (N-methyl/N-ethyl adjacent to an activating group) is 1. The van der Waals surface area contributed by atoms with Crippen molar-refractivity contribution in [1.82, 2.24) is 9.80 Å². The first-order valence-corrected chi connectivity index (χ1v) is 9.46. The molecule has 1 aromatic rings. The number of rotatable bonds is 7. The Labute approximate surface area is 137 Å². The summed E-state index contributed by atoms with van der Waals surface area (Å²) in [5, 5.41) is 0. The summed E-state index contributed by atoms with van der Waals surface area (Å²) in [6, 6.07) is 5.73. The van der Waals surface area contributed by atoms with E-state index in [1.807, 2.05) is 7.05 Å². The number of hydrogen-bond donors (Lipinski definition) is 0. The van der Waals surface area contributed by atoms with Crippen LogP contribution in [0.5, 0.6) is 0 Å². The summed E-state index contributed by atoms with van der Waals surface area (Å²) < 4.78 is 47.7. The highest BCUT2D eigenvalue weighted by molar-refractivity contribution is 7.91. The molecule has 1 aromatic carbocycles. The van der Waals surface area contributed by atoms with Crippen LogP contribution in [0.2, 0.25) is 0 Å².